The van der Waals surface area contributed by atoms with Crippen molar-refractivity contribution in [1.29, 1.82) is 0 Å². The summed E-state index contributed by atoms with van der Waals surface area (Å²) < 4.78 is 1.83. The first-order valence-electron chi connectivity index (χ1n) is 10.7. The van der Waals surface area contributed by atoms with E-state index in [9.17, 15) is 14.4 Å². The van der Waals surface area contributed by atoms with Gasteiger partial charge in [0.25, 0.3) is 5.91 Å². The molecule has 6 rings (SSSR count). The van der Waals surface area contributed by atoms with Crippen molar-refractivity contribution in [3.63, 3.8) is 0 Å². The number of hydrogen-bond donors (Lipinski definition) is 2. The van der Waals surface area contributed by atoms with Gasteiger partial charge in [0, 0.05) is 36.7 Å². The second kappa shape index (κ2) is 7.13. The number of nitrogens with zero attached hydrogens (tertiary/aromatic N) is 4. The molecule has 33 heavy (non-hydrogen) atoms. The van der Waals surface area contributed by atoms with Crippen molar-refractivity contribution in [2.24, 2.45) is 7.05 Å². The van der Waals surface area contributed by atoms with Crippen molar-refractivity contribution in [3.8, 4) is 22.4 Å². The molecule has 0 saturated carbocycles. The minimum absolute atomic E-state index is 0.179. The van der Waals surface area contributed by atoms with Crippen molar-refractivity contribution in [1.82, 2.24) is 30.0 Å². The van der Waals surface area contributed by atoms with Crippen LogP contribution in [0.15, 0.2) is 48.9 Å². The molecule has 1 unspecified atom stereocenters. The molecule has 0 aliphatic carbocycles. The summed E-state index contributed by atoms with van der Waals surface area (Å²) in [4.78, 5) is 45.8. The van der Waals surface area contributed by atoms with E-state index in [-0.39, 0.29) is 18.2 Å². The Morgan fingerprint density at radius 3 is 2.73 bits per heavy atom. The first-order chi connectivity index (χ1) is 16.0. The summed E-state index contributed by atoms with van der Waals surface area (Å²) in [5.41, 5.74) is 7.15. The van der Waals surface area contributed by atoms with E-state index in [4.69, 9.17) is 0 Å². The normalized spacial score (nSPS) is 18.2. The highest BCUT2D eigenvalue weighted by atomic mass is 16.2. The smallest absolute Gasteiger partial charge is 0.255 e. The fraction of sp³-hybridized carbons (Fsp3) is 0.208. The molecule has 164 valence electrons. The number of nitrogens with one attached hydrogen (secondary N) is 2. The van der Waals surface area contributed by atoms with Crippen LogP contribution in [-0.2, 0) is 23.2 Å². The SMILES string of the molecule is Cn1ncc(-c2ccc3c(c2)CN(C2CCC(=O)NC2=O)C3=O)c1-c1ccc2nc[nH]c2c1. The molecule has 1 fully saturated rings. The van der Waals surface area contributed by atoms with Gasteiger partial charge in [-0.25, -0.2) is 4.98 Å². The molecule has 2 aromatic carbocycles. The molecular formula is C24H20N6O3. The predicted molar refractivity (Wildman–Crippen MR) is 120 cm³/mol. The van der Waals surface area contributed by atoms with Gasteiger partial charge in [0.15, 0.2) is 0 Å². The lowest BCUT2D eigenvalue weighted by atomic mass is 9.98. The maximum atomic E-state index is 13.0. The predicted octanol–water partition coefficient (Wildman–Crippen LogP) is 2.39. The number of amides is 3. The number of H-pyrrole nitrogens is 1. The van der Waals surface area contributed by atoms with Crippen LogP contribution in [0.1, 0.15) is 28.8 Å². The molecule has 0 radical (unpaired) electrons. The average molecular weight is 440 g/mol. The molecule has 9 heteroatoms. The lowest BCUT2D eigenvalue weighted by molar-refractivity contribution is -0.136. The highest BCUT2D eigenvalue weighted by Gasteiger charge is 2.39. The summed E-state index contributed by atoms with van der Waals surface area (Å²) in [5, 5.41) is 6.82. The van der Waals surface area contributed by atoms with Crippen LogP contribution in [0.3, 0.4) is 0 Å². The maximum Gasteiger partial charge on any atom is 0.255 e. The van der Waals surface area contributed by atoms with Crippen LogP contribution in [0.2, 0.25) is 0 Å². The molecule has 2 N–H and O–H groups in total. The third kappa shape index (κ3) is 3.04. The van der Waals surface area contributed by atoms with Crippen molar-refractivity contribution < 1.29 is 14.4 Å². The van der Waals surface area contributed by atoms with Crippen LogP contribution in [0.25, 0.3) is 33.4 Å². The van der Waals surface area contributed by atoms with Crippen molar-refractivity contribution in [3.05, 3.63) is 60.0 Å². The highest BCUT2D eigenvalue weighted by molar-refractivity contribution is 6.05. The Kier molecular flexibility index (Phi) is 4.19. The van der Waals surface area contributed by atoms with Crippen LogP contribution in [0.5, 0.6) is 0 Å². The molecule has 2 aliphatic heterocycles. The quantitative estimate of drug-likeness (QED) is 0.475. The van der Waals surface area contributed by atoms with Crippen molar-refractivity contribution >= 4 is 28.8 Å². The third-order valence-corrected chi connectivity index (χ3v) is 6.47. The van der Waals surface area contributed by atoms with E-state index in [1.54, 1.807) is 11.2 Å². The zero-order valence-electron chi connectivity index (χ0n) is 17.8. The largest absolute Gasteiger partial charge is 0.345 e. The highest BCUT2D eigenvalue weighted by Crippen LogP contribution is 2.36. The van der Waals surface area contributed by atoms with Gasteiger partial charge in [-0.1, -0.05) is 12.1 Å². The number of aromatic amines is 1. The van der Waals surface area contributed by atoms with E-state index in [0.29, 0.717) is 18.5 Å². The number of fused-ring (bicyclic) bond motifs is 2. The summed E-state index contributed by atoms with van der Waals surface area (Å²) in [6, 6.07) is 11.1. The fourth-order valence-electron chi connectivity index (χ4n) is 4.82. The number of rotatable bonds is 3. The minimum Gasteiger partial charge on any atom is -0.345 e. The fourth-order valence-corrected chi connectivity index (χ4v) is 4.82. The van der Waals surface area contributed by atoms with E-state index >= 15 is 0 Å². The number of aromatic nitrogens is 4. The summed E-state index contributed by atoms with van der Waals surface area (Å²) in [5.74, 6) is -0.876. The van der Waals surface area contributed by atoms with Crippen molar-refractivity contribution in [2.45, 2.75) is 25.4 Å². The Hall–Kier alpha value is -4.27. The molecule has 1 saturated heterocycles. The van der Waals surface area contributed by atoms with E-state index in [1.807, 2.05) is 54.3 Å². The van der Waals surface area contributed by atoms with Gasteiger partial charge >= 0.3 is 0 Å². The molecule has 9 nitrogen and oxygen atoms in total. The van der Waals surface area contributed by atoms with E-state index in [1.165, 1.54) is 0 Å². The molecule has 1 atom stereocenters. The van der Waals surface area contributed by atoms with Gasteiger partial charge < -0.3 is 9.88 Å². The number of benzene rings is 2. The van der Waals surface area contributed by atoms with Gasteiger partial charge in [0.05, 0.1) is 29.3 Å². The monoisotopic (exact) mass is 440 g/mol. The number of carbonyl (C=O) groups excluding carboxylic acids is 3. The Morgan fingerprint density at radius 2 is 1.88 bits per heavy atom. The third-order valence-electron chi connectivity index (χ3n) is 6.47. The molecule has 4 aromatic rings. The zero-order chi connectivity index (χ0) is 22.7. The first-order valence-corrected chi connectivity index (χ1v) is 10.7. The van der Waals surface area contributed by atoms with Gasteiger partial charge in [0.2, 0.25) is 11.8 Å². The summed E-state index contributed by atoms with van der Waals surface area (Å²) >= 11 is 0. The Labute approximate surface area is 188 Å². The van der Waals surface area contributed by atoms with Gasteiger partial charge in [0.1, 0.15) is 6.04 Å². The number of carbonyl (C=O) groups is 3. The average Bonchev–Trinajstić information content (AvgIpc) is 3.50. The summed E-state index contributed by atoms with van der Waals surface area (Å²) in [7, 11) is 1.90. The molecule has 2 aromatic heterocycles. The molecule has 2 aliphatic rings. The first kappa shape index (κ1) is 19.4. The lowest BCUT2D eigenvalue weighted by Crippen LogP contribution is -2.52. The number of piperidine rings is 1. The van der Waals surface area contributed by atoms with Crippen molar-refractivity contribution in [2.75, 3.05) is 0 Å². The van der Waals surface area contributed by atoms with E-state index < -0.39 is 11.9 Å². The van der Waals surface area contributed by atoms with Gasteiger partial charge in [-0.3, -0.25) is 24.4 Å². The summed E-state index contributed by atoms with van der Waals surface area (Å²) in [6.07, 6.45) is 4.08. The minimum atomic E-state index is -0.624. The summed E-state index contributed by atoms with van der Waals surface area (Å²) in [6.45, 7) is 0.337. The van der Waals surface area contributed by atoms with Crippen LogP contribution in [0.4, 0.5) is 0 Å². The molecular weight excluding hydrogens is 420 g/mol. The topological polar surface area (TPSA) is 113 Å². The van der Waals surface area contributed by atoms with Crippen LogP contribution < -0.4 is 5.32 Å². The zero-order valence-corrected chi connectivity index (χ0v) is 17.8. The van der Waals surface area contributed by atoms with Crippen LogP contribution in [0, 0.1) is 0 Å². The number of hydrogen-bond acceptors (Lipinski definition) is 5. The van der Waals surface area contributed by atoms with Gasteiger partial charge in [-0.15, -0.1) is 0 Å². The van der Waals surface area contributed by atoms with E-state index in [2.05, 4.69) is 20.4 Å². The molecule has 4 heterocycles. The van der Waals surface area contributed by atoms with Crippen LogP contribution in [-0.4, -0.2) is 48.4 Å². The molecule has 3 amide bonds. The molecule has 0 spiro atoms. The number of imide groups is 1. The Balaban J connectivity index is 1.36. The van der Waals surface area contributed by atoms with Gasteiger partial charge in [-0.2, -0.15) is 5.10 Å². The second-order valence-electron chi connectivity index (χ2n) is 8.44. The standard InChI is InChI=1S/C24H20N6O3/c1-29-22(14-3-5-18-19(9-14)26-12-25-18)17(10-27-29)13-2-4-16-15(8-13)11-30(24(16)33)20-6-7-21(31)28-23(20)32/h2-5,8-10,12,20H,6-7,11H2,1H3,(H,25,26)(H,28,31,32). The second-order valence-corrected chi connectivity index (χ2v) is 8.44. The Bertz CT molecular complexity index is 1470. The lowest BCUT2D eigenvalue weighted by Gasteiger charge is -2.29. The number of imidazole rings is 1. The maximum absolute atomic E-state index is 13.0. The Morgan fingerprint density at radius 1 is 1.03 bits per heavy atom. The van der Waals surface area contributed by atoms with Gasteiger partial charge in [-0.05, 0) is 41.8 Å². The molecule has 0 bridgehead atoms. The van der Waals surface area contributed by atoms with E-state index in [0.717, 1.165) is 39.0 Å². The van der Waals surface area contributed by atoms with Crippen LogP contribution >= 0.6 is 0 Å². The number of aryl methyl sites for hydroxylation is 1.